The lowest BCUT2D eigenvalue weighted by Crippen LogP contribution is -2.00. The Hall–Kier alpha value is -2.06. The van der Waals surface area contributed by atoms with Crippen molar-refractivity contribution in [3.05, 3.63) is 70.7 Å². The Morgan fingerprint density at radius 2 is 1.86 bits per heavy atom. The first-order valence-corrected chi connectivity index (χ1v) is 7.58. The van der Waals surface area contributed by atoms with Crippen LogP contribution in [0.1, 0.15) is 41.2 Å². The van der Waals surface area contributed by atoms with Gasteiger partial charge in [-0.1, -0.05) is 37.3 Å². The highest BCUT2D eigenvalue weighted by molar-refractivity contribution is 5.93. The molecule has 0 amide bonds. The number of aryl methyl sites for hydroxylation is 3. The van der Waals surface area contributed by atoms with Gasteiger partial charge in [-0.05, 0) is 52.4 Å². The second-order valence-electron chi connectivity index (χ2n) is 5.71. The van der Waals surface area contributed by atoms with Crippen molar-refractivity contribution in [3.63, 3.8) is 0 Å². The van der Waals surface area contributed by atoms with Crippen molar-refractivity contribution in [1.82, 2.24) is 0 Å². The van der Waals surface area contributed by atoms with Crippen molar-refractivity contribution in [2.24, 2.45) is 0 Å². The van der Waals surface area contributed by atoms with Crippen molar-refractivity contribution in [3.8, 4) is 0 Å². The zero-order valence-electron chi connectivity index (χ0n) is 12.1. The summed E-state index contributed by atoms with van der Waals surface area (Å²) in [6, 6.07) is 14.4. The van der Waals surface area contributed by atoms with E-state index in [2.05, 4.69) is 24.3 Å². The van der Waals surface area contributed by atoms with Crippen molar-refractivity contribution in [2.75, 3.05) is 0 Å². The molecule has 1 heterocycles. The fourth-order valence-corrected chi connectivity index (χ4v) is 3.39. The van der Waals surface area contributed by atoms with Gasteiger partial charge in [0.1, 0.15) is 17.6 Å². The predicted molar refractivity (Wildman–Crippen MR) is 83.5 cm³/mol. The van der Waals surface area contributed by atoms with Crippen LogP contribution in [-0.4, -0.2) is 5.11 Å². The Bertz CT molecular complexity index is 803. The number of aliphatic hydroxyl groups excluding tert-OH is 1. The molecule has 1 N–H and O–H groups in total. The number of furan rings is 1. The Balaban J connectivity index is 1.87. The number of hydrogen-bond acceptors (Lipinski definition) is 2. The zero-order chi connectivity index (χ0) is 14.4. The van der Waals surface area contributed by atoms with Gasteiger partial charge in [0.05, 0.1) is 0 Å². The number of rotatable bonds is 3. The predicted octanol–water partition coefficient (Wildman–Crippen LogP) is 4.18. The van der Waals surface area contributed by atoms with E-state index in [1.165, 1.54) is 16.5 Å². The van der Waals surface area contributed by atoms with Crippen molar-refractivity contribution in [2.45, 2.75) is 32.3 Å². The fourth-order valence-electron chi connectivity index (χ4n) is 3.39. The molecule has 2 nitrogen and oxygen atoms in total. The van der Waals surface area contributed by atoms with Gasteiger partial charge in [-0.15, -0.1) is 0 Å². The molecule has 106 valence electrons. The van der Waals surface area contributed by atoms with Crippen LogP contribution in [0.4, 0.5) is 0 Å². The fraction of sp³-hybridized carbons (Fsp3) is 0.263. The Kier molecular flexibility index (Phi) is 2.86. The summed E-state index contributed by atoms with van der Waals surface area (Å²) in [5.74, 6) is 1.54. The van der Waals surface area contributed by atoms with E-state index in [1.54, 1.807) is 0 Å². The Morgan fingerprint density at radius 1 is 1.05 bits per heavy atom. The van der Waals surface area contributed by atoms with Crippen LogP contribution in [0, 0.1) is 0 Å². The zero-order valence-corrected chi connectivity index (χ0v) is 12.1. The van der Waals surface area contributed by atoms with E-state index in [-0.39, 0.29) is 0 Å². The molecular formula is C19H18O2. The maximum absolute atomic E-state index is 10.7. The number of benzene rings is 2. The molecular weight excluding hydrogens is 260 g/mol. The molecule has 0 saturated heterocycles. The first kappa shape index (κ1) is 12.7. The quantitative estimate of drug-likeness (QED) is 0.780. The minimum absolute atomic E-state index is 0.630. The minimum atomic E-state index is -0.699. The van der Waals surface area contributed by atoms with Crippen LogP contribution < -0.4 is 0 Å². The van der Waals surface area contributed by atoms with Crippen LogP contribution in [0.15, 0.2) is 46.9 Å². The molecule has 0 fully saturated rings. The van der Waals surface area contributed by atoms with E-state index >= 15 is 0 Å². The average molecular weight is 278 g/mol. The molecule has 1 aromatic heterocycles. The summed E-state index contributed by atoms with van der Waals surface area (Å²) in [6.45, 7) is 2.05. The lowest BCUT2D eigenvalue weighted by molar-refractivity contribution is 0.188. The standard InChI is InChI=1S/C19H18O2/c1-2-14-9-11-17(21-14)19(20)16-10-8-13-7-6-12-4-3-5-15(16)18(12)13/h3-5,8-11,19-20H,2,6-7H2,1H3. The number of aliphatic hydroxyl groups is 1. The third kappa shape index (κ3) is 1.90. The van der Waals surface area contributed by atoms with Gasteiger partial charge < -0.3 is 9.52 Å². The van der Waals surface area contributed by atoms with E-state index in [0.717, 1.165) is 36.0 Å². The largest absolute Gasteiger partial charge is 0.463 e. The summed E-state index contributed by atoms with van der Waals surface area (Å²) in [5, 5.41) is 13.2. The highest BCUT2D eigenvalue weighted by atomic mass is 16.4. The maximum Gasteiger partial charge on any atom is 0.137 e. The maximum atomic E-state index is 10.7. The summed E-state index contributed by atoms with van der Waals surface area (Å²) in [5.41, 5.74) is 3.73. The Labute approximate surface area is 124 Å². The molecule has 2 heteroatoms. The van der Waals surface area contributed by atoms with Crippen LogP contribution >= 0.6 is 0 Å². The molecule has 0 aliphatic heterocycles. The Morgan fingerprint density at radius 3 is 2.62 bits per heavy atom. The SMILES string of the molecule is CCc1ccc(C(O)c2ccc3c4c(cccc24)CC3)o1. The van der Waals surface area contributed by atoms with E-state index < -0.39 is 6.10 Å². The lowest BCUT2D eigenvalue weighted by Gasteiger charge is -2.13. The molecule has 1 aliphatic carbocycles. The molecule has 4 rings (SSSR count). The molecule has 21 heavy (non-hydrogen) atoms. The molecule has 1 atom stereocenters. The van der Waals surface area contributed by atoms with Gasteiger partial charge in [0.15, 0.2) is 0 Å². The van der Waals surface area contributed by atoms with E-state index in [1.807, 2.05) is 25.1 Å². The molecule has 1 aliphatic rings. The monoisotopic (exact) mass is 278 g/mol. The van der Waals surface area contributed by atoms with Crippen LogP contribution in [0.2, 0.25) is 0 Å². The van der Waals surface area contributed by atoms with Gasteiger partial charge in [0.25, 0.3) is 0 Å². The topological polar surface area (TPSA) is 33.4 Å². The van der Waals surface area contributed by atoms with Gasteiger partial charge in [-0.25, -0.2) is 0 Å². The van der Waals surface area contributed by atoms with E-state index in [4.69, 9.17) is 4.42 Å². The third-order valence-electron chi connectivity index (χ3n) is 4.51. The molecule has 0 saturated carbocycles. The van der Waals surface area contributed by atoms with Gasteiger partial charge >= 0.3 is 0 Å². The lowest BCUT2D eigenvalue weighted by atomic mass is 9.96. The van der Waals surface area contributed by atoms with Crippen molar-refractivity contribution < 1.29 is 9.52 Å². The third-order valence-corrected chi connectivity index (χ3v) is 4.51. The minimum Gasteiger partial charge on any atom is -0.463 e. The number of hydrogen-bond donors (Lipinski definition) is 1. The van der Waals surface area contributed by atoms with Gasteiger partial charge in [-0.3, -0.25) is 0 Å². The first-order valence-electron chi connectivity index (χ1n) is 7.58. The van der Waals surface area contributed by atoms with Gasteiger partial charge in [-0.2, -0.15) is 0 Å². The molecule has 1 unspecified atom stereocenters. The van der Waals surface area contributed by atoms with Gasteiger partial charge in [0.2, 0.25) is 0 Å². The normalized spacial score (nSPS) is 14.8. The molecule has 2 aromatic carbocycles. The summed E-state index contributed by atoms with van der Waals surface area (Å²) in [7, 11) is 0. The summed E-state index contributed by atoms with van der Waals surface area (Å²) in [6.07, 6.45) is 2.35. The van der Waals surface area contributed by atoms with Gasteiger partial charge in [0, 0.05) is 6.42 Å². The highest BCUT2D eigenvalue weighted by Crippen LogP contribution is 2.36. The molecule has 0 bridgehead atoms. The van der Waals surface area contributed by atoms with E-state index in [0.29, 0.717) is 5.76 Å². The first-order chi connectivity index (χ1) is 10.3. The smallest absolute Gasteiger partial charge is 0.137 e. The van der Waals surface area contributed by atoms with E-state index in [9.17, 15) is 5.11 Å². The summed E-state index contributed by atoms with van der Waals surface area (Å²) in [4.78, 5) is 0. The van der Waals surface area contributed by atoms with Crippen LogP contribution in [0.5, 0.6) is 0 Å². The van der Waals surface area contributed by atoms with Crippen molar-refractivity contribution in [1.29, 1.82) is 0 Å². The summed E-state index contributed by atoms with van der Waals surface area (Å²) >= 11 is 0. The average Bonchev–Trinajstić information content (AvgIpc) is 3.15. The highest BCUT2D eigenvalue weighted by Gasteiger charge is 2.21. The van der Waals surface area contributed by atoms with Crippen LogP contribution in [0.3, 0.4) is 0 Å². The summed E-state index contributed by atoms with van der Waals surface area (Å²) < 4.78 is 5.72. The van der Waals surface area contributed by atoms with Crippen LogP contribution in [0.25, 0.3) is 10.8 Å². The second-order valence-corrected chi connectivity index (χ2v) is 5.71. The van der Waals surface area contributed by atoms with Crippen molar-refractivity contribution >= 4 is 10.8 Å². The molecule has 3 aromatic rings. The molecule has 0 radical (unpaired) electrons. The molecule has 0 spiro atoms. The second kappa shape index (κ2) is 4.74. The van der Waals surface area contributed by atoms with Crippen LogP contribution in [-0.2, 0) is 19.3 Å².